The van der Waals surface area contributed by atoms with Crippen LogP contribution in [0.1, 0.15) is 30.0 Å². The summed E-state index contributed by atoms with van der Waals surface area (Å²) in [5.74, 6) is 2.16. The lowest BCUT2D eigenvalue weighted by Gasteiger charge is -2.20. The van der Waals surface area contributed by atoms with E-state index in [1.807, 2.05) is 37.3 Å². The Morgan fingerprint density at radius 1 is 0.966 bits per heavy atom. The third-order valence-corrected chi connectivity index (χ3v) is 4.69. The number of carbonyl (C=O) groups is 1. The molecule has 29 heavy (non-hydrogen) atoms. The van der Waals surface area contributed by atoms with Crippen LogP contribution in [0.3, 0.4) is 0 Å². The van der Waals surface area contributed by atoms with Crippen LogP contribution in [0.4, 0.5) is 23.0 Å². The molecule has 3 aromatic rings. The van der Waals surface area contributed by atoms with Gasteiger partial charge in [-0.05, 0) is 69.3 Å². The van der Waals surface area contributed by atoms with E-state index in [2.05, 4.69) is 39.3 Å². The molecule has 1 heterocycles. The summed E-state index contributed by atoms with van der Waals surface area (Å²) in [4.78, 5) is 23.5. The molecule has 3 rings (SSSR count). The molecule has 0 atom stereocenters. The van der Waals surface area contributed by atoms with Crippen molar-refractivity contribution in [3.05, 3.63) is 71.0 Å². The van der Waals surface area contributed by atoms with E-state index in [9.17, 15) is 4.79 Å². The molecule has 0 aliphatic heterocycles. The third kappa shape index (κ3) is 5.45. The molecular weight excluding hydrogens is 386 g/mol. The van der Waals surface area contributed by atoms with E-state index < -0.39 is 0 Å². The van der Waals surface area contributed by atoms with Gasteiger partial charge in [0.2, 0.25) is 0 Å². The van der Waals surface area contributed by atoms with Crippen molar-refractivity contribution in [1.29, 1.82) is 0 Å². The second-order valence-electron chi connectivity index (χ2n) is 6.49. The number of benzene rings is 2. The smallest absolute Gasteiger partial charge is 0.255 e. The van der Waals surface area contributed by atoms with E-state index in [1.165, 1.54) is 0 Å². The summed E-state index contributed by atoms with van der Waals surface area (Å²) in [6.07, 6.45) is 0. The van der Waals surface area contributed by atoms with Gasteiger partial charge in [-0.2, -0.15) is 0 Å². The number of rotatable bonds is 7. The number of hydrogen-bond donors (Lipinski definition) is 2. The monoisotopic (exact) mass is 409 g/mol. The number of amides is 1. The summed E-state index contributed by atoms with van der Waals surface area (Å²) in [6.45, 7) is 7.85. The van der Waals surface area contributed by atoms with Gasteiger partial charge in [0, 0.05) is 41.1 Å². The van der Waals surface area contributed by atoms with E-state index in [0.29, 0.717) is 22.1 Å². The van der Waals surface area contributed by atoms with Crippen LogP contribution in [0.15, 0.2) is 54.6 Å². The highest BCUT2D eigenvalue weighted by Gasteiger charge is 2.09. The number of nitrogens with zero attached hydrogens (tertiary/aromatic N) is 3. The number of anilines is 4. The predicted molar refractivity (Wildman–Crippen MR) is 119 cm³/mol. The molecule has 2 aromatic carbocycles. The third-order valence-electron chi connectivity index (χ3n) is 4.43. The molecule has 0 bridgehead atoms. The fourth-order valence-electron chi connectivity index (χ4n) is 2.91. The molecule has 0 aliphatic rings. The average molecular weight is 410 g/mol. The number of aryl methyl sites for hydroxylation is 1. The largest absolute Gasteiger partial charge is 0.357 e. The Bertz CT molecular complexity index is 969. The topological polar surface area (TPSA) is 70.2 Å². The van der Waals surface area contributed by atoms with Crippen LogP contribution in [0.2, 0.25) is 5.02 Å². The quantitative estimate of drug-likeness (QED) is 0.555. The molecule has 0 saturated heterocycles. The SMILES string of the molecule is CCN(CC)c1cc(Nc2ccc(NC(=O)c3ccc(Cl)cc3)cc2)nc(C)n1. The van der Waals surface area contributed by atoms with Crippen molar-refractivity contribution in [3.63, 3.8) is 0 Å². The first kappa shape index (κ1) is 20.6. The van der Waals surface area contributed by atoms with Crippen molar-refractivity contribution in [3.8, 4) is 0 Å². The second kappa shape index (κ2) is 9.39. The first-order chi connectivity index (χ1) is 14.0. The number of aromatic nitrogens is 2. The summed E-state index contributed by atoms with van der Waals surface area (Å²) in [5.41, 5.74) is 2.13. The fraction of sp³-hybridized carbons (Fsp3) is 0.227. The Hall–Kier alpha value is -3.12. The second-order valence-corrected chi connectivity index (χ2v) is 6.93. The van der Waals surface area contributed by atoms with Crippen molar-refractivity contribution in [2.45, 2.75) is 20.8 Å². The summed E-state index contributed by atoms with van der Waals surface area (Å²) >= 11 is 5.86. The van der Waals surface area contributed by atoms with Crippen LogP contribution in [-0.4, -0.2) is 29.0 Å². The average Bonchev–Trinajstić information content (AvgIpc) is 2.70. The van der Waals surface area contributed by atoms with Gasteiger partial charge in [0.05, 0.1) is 0 Å². The highest BCUT2D eigenvalue weighted by molar-refractivity contribution is 6.30. The number of nitrogens with one attached hydrogen (secondary N) is 2. The van der Waals surface area contributed by atoms with Crippen LogP contribution in [-0.2, 0) is 0 Å². The summed E-state index contributed by atoms with van der Waals surface area (Å²) in [7, 11) is 0. The molecule has 6 nitrogen and oxygen atoms in total. The van der Waals surface area contributed by atoms with Gasteiger partial charge in [-0.25, -0.2) is 9.97 Å². The van der Waals surface area contributed by atoms with Gasteiger partial charge in [-0.3, -0.25) is 4.79 Å². The van der Waals surface area contributed by atoms with Gasteiger partial charge in [0.1, 0.15) is 17.5 Å². The molecular formula is C22H24ClN5O. The van der Waals surface area contributed by atoms with Crippen LogP contribution in [0.25, 0.3) is 0 Å². The van der Waals surface area contributed by atoms with E-state index in [4.69, 9.17) is 11.6 Å². The zero-order valence-electron chi connectivity index (χ0n) is 16.7. The Morgan fingerprint density at radius 2 is 1.59 bits per heavy atom. The van der Waals surface area contributed by atoms with Crippen LogP contribution >= 0.6 is 11.6 Å². The molecule has 7 heteroatoms. The maximum atomic E-state index is 12.3. The molecule has 1 amide bonds. The zero-order chi connectivity index (χ0) is 20.8. The molecule has 1 aromatic heterocycles. The molecule has 2 N–H and O–H groups in total. The minimum atomic E-state index is -0.183. The van der Waals surface area contributed by atoms with Crippen LogP contribution in [0.5, 0.6) is 0 Å². The summed E-state index contributed by atoms with van der Waals surface area (Å²) in [6, 6.07) is 16.2. The minimum absolute atomic E-state index is 0.183. The lowest BCUT2D eigenvalue weighted by Crippen LogP contribution is -2.23. The van der Waals surface area contributed by atoms with Crippen molar-refractivity contribution >= 4 is 40.5 Å². The van der Waals surface area contributed by atoms with Crippen molar-refractivity contribution in [2.24, 2.45) is 0 Å². The zero-order valence-corrected chi connectivity index (χ0v) is 17.5. The predicted octanol–water partition coefficient (Wildman–Crippen LogP) is 5.28. The first-order valence-electron chi connectivity index (χ1n) is 9.53. The molecule has 0 spiro atoms. The number of halogens is 1. The van der Waals surface area contributed by atoms with E-state index in [-0.39, 0.29) is 5.91 Å². The maximum Gasteiger partial charge on any atom is 0.255 e. The first-order valence-corrected chi connectivity index (χ1v) is 9.91. The lowest BCUT2D eigenvalue weighted by atomic mass is 10.2. The number of carbonyl (C=O) groups excluding carboxylic acids is 1. The molecule has 150 valence electrons. The van der Waals surface area contributed by atoms with Crippen molar-refractivity contribution in [1.82, 2.24) is 9.97 Å². The van der Waals surface area contributed by atoms with Gasteiger partial charge in [0.15, 0.2) is 0 Å². The van der Waals surface area contributed by atoms with Gasteiger partial charge in [-0.1, -0.05) is 11.6 Å². The number of hydrogen-bond acceptors (Lipinski definition) is 5. The van der Waals surface area contributed by atoms with Gasteiger partial charge in [0.25, 0.3) is 5.91 Å². The molecule has 0 fully saturated rings. The van der Waals surface area contributed by atoms with Gasteiger partial charge < -0.3 is 15.5 Å². The van der Waals surface area contributed by atoms with E-state index in [1.54, 1.807) is 24.3 Å². The minimum Gasteiger partial charge on any atom is -0.357 e. The molecule has 0 aliphatic carbocycles. The van der Waals surface area contributed by atoms with Crippen LogP contribution < -0.4 is 15.5 Å². The van der Waals surface area contributed by atoms with Crippen molar-refractivity contribution in [2.75, 3.05) is 28.6 Å². The van der Waals surface area contributed by atoms with E-state index >= 15 is 0 Å². The molecule has 0 radical (unpaired) electrons. The van der Waals surface area contributed by atoms with Gasteiger partial charge >= 0.3 is 0 Å². The Kier molecular flexibility index (Phi) is 6.67. The lowest BCUT2D eigenvalue weighted by molar-refractivity contribution is 0.102. The summed E-state index contributed by atoms with van der Waals surface area (Å²) in [5, 5.41) is 6.77. The highest BCUT2D eigenvalue weighted by Crippen LogP contribution is 2.21. The Balaban J connectivity index is 1.69. The van der Waals surface area contributed by atoms with Gasteiger partial charge in [-0.15, -0.1) is 0 Å². The maximum absolute atomic E-state index is 12.3. The molecule has 0 unspecified atom stereocenters. The van der Waals surface area contributed by atoms with Crippen molar-refractivity contribution < 1.29 is 4.79 Å². The van der Waals surface area contributed by atoms with E-state index in [0.717, 1.165) is 30.4 Å². The molecule has 0 saturated carbocycles. The Morgan fingerprint density at radius 3 is 2.21 bits per heavy atom. The highest BCUT2D eigenvalue weighted by atomic mass is 35.5. The normalized spacial score (nSPS) is 10.5. The standard InChI is InChI=1S/C22H24ClN5O/c1-4-28(5-2)21-14-20(24-15(3)25-21)26-18-10-12-19(13-11-18)27-22(29)16-6-8-17(23)9-7-16/h6-14H,4-5H2,1-3H3,(H,27,29)(H,24,25,26). The van der Waals surface area contributed by atoms with Crippen LogP contribution in [0, 0.1) is 6.92 Å². The fourth-order valence-corrected chi connectivity index (χ4v) is 3.04. The summed E-state index contributed by atoms with van der Waals surface area (Å²) < 4.78 is 0. The Labute approximate surface area is 175 Å².